The molecule has 27 heavy (non-hydrogen) atoms. The van der Waals surface area contributed by atoms with Crippen molar-refractivity contribution in [2.45, 2.75) is 0 Å². The topological polar surface area (TPSA) is 167 Å². The molecular formula is C16H13N11. The van der Waals surface area contributed by atoms with Gasteiger partial charge in [-0.3, -0.25) is 0 Å². The van der Waals surface area contributed by atoms with Gasteiger partial charge >= 0.3 is 0 Å². The lowest BCUT2D eigenvalue weighted by molar-refractivity contribution is 0.810. The molecule has 1 aromatic heterocycles. The summed E-state index contributed by atoms with van der Waals surface area (Å²) < 4.78 is 0. The third-order valence-electron chi connectivity index (χ3n) is 3.04. The minimum Gasteiger partial charge on any atom is -0.316 e. The van der Waals surface area contributed by atoms with Gasteiger partial charge in [0, 0.05) is 0 Å². The normalized spacial score (nSPS) is 8.67. The number of aromatic nitrogens is 3. The summed E-state index contributed by atoms with van der Waals surface area (Å²) in [6.07, 6.45) is 5.32. The molecule has 11 nitrogen and oxygen atoms in total. The zero-order valence-electron chi connectivity index (χ0n) is 14.2. The fourth-order valence-corrected chi connectivity index (χ4v) is 1.90. The van der Waals surface area contributed by atoms with Crippen LogP contribution in [0.15, 0.2) is 0 Å². The Morgan fingerprint density at radius 2 is 0.815 bits per heavy atom. The lowest BCUT2D eigenvalue weighted by Crippen LogP contribution is -2.33. The molecule has 0 aliphatic heterocycles. The maximum atomic E-state index is 8.99. The Kier molecular flexibility index (Phi) is 8.38. The lowest BCUT2D eigenvalue weighted by Gasteiger charge is -2.23. The van der Waals surface area contributed by atoms with Crippen molar-refractivity contribution in [1.82, 2.24) is 15.0 Å². The molecule has 0 spiro atoms. The zero-order chi connectivity index (χ0) is 20.1. The van der Waals surface area contributed by atoms with E-state index in [1.54, 1.807) is 0 Å². The second-order valence-corrected chi connectivity index (χ2v) is 4.80. The second kappa shape index (κ2) is 11.1. The summed E-state index contributed by atoms with van der Waals surface area (Å²) in [5.41, 5.74) is 0. The van der Waals surface area contributed by atoms with Crippen LogP contribution in [-0.4, -0.2) is 54.2 Å². The van der Waals surface area contributed by atoms with Crippen LogP contribution in [0.25, 0.3) is 0 Å². The minimum atomic E-state index is -0.166. The highest BCUT2D eigenvalue weighted by molar-refractivity contribution is 5.49. The van der Waals surface area contributed by atoms with Crippen molar-refractivity contribution >= 4 is 17.8 Å². The first-order valence-electron chi connectivity index (χ1n) is 7.44. The molecule has 0 atom stereocenters. The van der Waals surface area contributed by atoms with Crippen LogP contribution in [0.3, 0.4) is 0 Å². The molecule has 11 heteroatoms. The predicted octanol–water partition coefficient (Wildman–Crippen LogP) is -0.458. The van der Waals surface area contributed by atoms with Gasteiger partial charge in [0.15, 0.2) is 0 Å². The number of hydrogen-bond donors (Lipinski definition) is 0. The summed E-state index contributed by atoms with van der Waals surface area (Å²) in [4.78, 5) is 16.6. The highest BCUT2D eigenvalue weighted by atomic mass is 15.4. The summed E-state index contributed by atoms with van der Waals surface area (Å²) in [6, 6.07) is 9.57. The summed E-state index contributed by atoms with van der Waals surface area (Å²) in [5.74, 6) is 2.42. The number of rotatable bonds is 9. The van der Waals surface area contributed by atoms with Crippen LogP contribution in [0.2, 0.25) is 0 Å². The molecule has 1 heterocycles. The molecule has 0 saturated carbocycles. The van der Waals surface area contributed by atoms with Crippen LogP contribution in [0.4, 0.5) is 17.8 Å². The first kappa shape index (κ1) is 20.5. The van der Waals surface area contributed by atoms with Crippen molar-refractivity contribution in [3.05, 3.63) is 0 Å². The standard InChI is InChI=1S/C16H13N11/c1-2-8-25(9-3-17)14-22-15(26(10-4-18)11-5-19)24-16(23-14)27(12-6-20)13-7-21/h1H,8-13H2. The van der Waals surface area contributed by atoms with Crippen LogP contribution < -0.4 is 14.7 Å². The Morgan fingerprint density at radius 1 is 0.556 bits per heavy atom. The molecule has 1 aromatic rings. The van der Waals surface area contributed by atoms with E-state index in [-0.39, 0.29) is 57.1 Å². The van der Waals surface area contributed by atoms with Crippen LogP contribution in [0, 0.1) is 69.0 Å². The van der Waals surface area contributed by atoms with Gasteiger partial charge in [-0.05, 0) is 0 Å². The van der Waals surface area contributed by atoms with Crippen molar-refractivity contribution in [3.63, 3.8) is 0 Å². The van der Waals surface area contributed by atoms with Gasteiger partial charge in [0.05, 0.1) is 36.9 Å². The Morgan fingerprint density at radius 3 is 1.04 bits per heavy atom. The largest absolute Gasteiger partial charge is 0.316 e. The molecule has 1 rings (SSSR count). The molecule has 0 aliphatic carbocycles. The highest BCUT2D eigenvalue weighted by Gasteiger charge is 2.20. The minimum absolute atomic E-state index is 0.000981. The number of terminal acetylenes is 1. The van der Waals surface area contributed by atoms with Gasteiger partial charge in [-0.25, -0.2) is 0 Å². The predicted molar refractivity (Wildman–Crippen MR) is 93.4 cm³/mol. The van der Waals surface area contributed by atoms with Gasteiger partial charge in [-0.2, -0.15) is 41.3 Å². The van der Waals surface area contributed by atoms with Crippen molar-refractivity contribution in [2.24, 2.45) is 0 Å². The third-order valence-corrected chi connectivity index (χ3v) is 3.04. The molecule has 0 radical (unpaired) electrons. The van der Waals surface area contributed by atoms with Crippen molar-refractivity contribution in [3.8, 4) is 42.7 Å². The maximum Gasteiger partial charge on any atom is 0.233 e. The van der Waals surface area contributed by atoms with Crippen molar-refractivity contribution in [1.29, 1.82) is 26.3 Å². The quantitative estimate of drug-likeness (QED) is 0.413. The monoisotopic (exact) mass is 359 g/mol. The Hall–Kier alpha value is -4.58. The van der Waals surface area contributed by atoms with E-state index in [0.29, 0.717) is 0 Å². The molecule has 0 N–H and O–H groups in total. The van der Waals surface area contributed by atoms with E-state index in [9.17, 15) is 0 Å². The van der Waals surface area contributed by atoms with Crippen molar-refractivity contribution < 1.29 is 0 Å². The molecule has 132 valence electrons. The molecular weight excluding hydrogens is 346 g/mol. The summed E-state index contributed by atoms with van der Waals surface area (Å²) in [6.45, 7) is -0.745. The fraction of sp³-hybridized carbons (Fsp3) is 0.375. The molecule has 0 saturated heterocycles. The third kappa shape index (κ3) is 5.77. The van der Waals surface area contributed by atoms with Crippen LogP contribution in [-0.2, 0) is 0 Å². The fourth-order valence-electron chi connectivity index (χ4n) is 1.90. The number of anilines is 3. The summed E-state index contributed by atoms with van der Waals surface area (Å²) in [5, 5.41) is 44.9. The second-order valence-electron chi connectivity index (χ2n) is 4.80. The smallest absolute Gasteiger partial charge is 0.233 e. The van der Waals surface area contributed by atoms with Gasteiger partial charge in [0.25, 0.3) is 0 Å². The average Bonchev–Trinajstić information content (AvgIpc) is 2.67. The van der Waals surface area contributed by atoms with Gasteiger partial charge < -0.3 is 14.7 Å². The van der Waals surface area contributed by atoms with E-state index in [0.717, 1.165) is 0 Å². The zero-order valence-corrected chi connectivity index (χ0v) is 14.2. The SMILES string of the molecule is C#CCN(CC#N)c1nc(N(CC#N)CC#N)nc(N(CC#N)CC#N)n1. The van der Waals surface area contributed by atoms with Crippen LogP contribution in [0.1, 0.15) is 0 Å². The first-order chi connectivity index (χ1) is 13.1. The molecule has 0 aromatic carbocycles. The number of hydrogen-bond acceptors (Lipinski definition) is 11. The Labute approximate surface area is 156 Å². The Balaban J connectivity index is 3.54. The van der Waals surface area contributed by atoms with E-state index in [1.165, 1.54) is 14.7 Å². The van der Waals surface area contributed by atoms with E-state index >= 15 is 0 Å². The van der Waals surface area contributed by atoms with Crippen molar-refractivity contribution in [2.75, 3.05) is 54.0 Å². The molecule has 0 bridgehead atoms. The summed E-state index contributed by atoms with van der Waals surface area (Å²) in [7, 11) is 0. The van der Waals surface area contributed by atoms with E-state index in [1.807, 2.05) is 30.3 Å². The number of nitrogens with zero attached hydrogens (tertiary/aromatic N) is 11. The van der Waals surface area contributed by atoms with Crippen LogP contribution >= 0.6 is 0 Å². The van der Waals surface area contributed by atoms with Gasteiger partial charge in [0.1, 0.15) is 32.7 Å². The first-order valence-corrected chi connectivity index (χ1v) is 7.44. The van der Waals surface area contributed by atoms with E-state index < -0.39 is 0 Å². The molecule has 0 amide bonds. The maximum absolute atomic E-state index is 8.99. The van der Waals surface area contributed by atoms with Gasteiger partial charge in [0.2, 0.25) is 17.8 Å². The highest BCUT2D eigenvalue weighted by Crippen LogP contribution is 2.19. The van der Waals surface area contributed by atoms with Crippen LogP contribution in [0.5, 0.6) is 0 Å². The van der Waals surface area contributed by atoms with E-state index in [4.69, 9.17) is 32.7 Å². The molecule has 0 unspecified atom stereocenters. The molecule has 0 aliphatic rings. The van der Waals surface area contributed by atoms with Gasteiger partial charge in [-0.15, -0.1) is 6.42 Å². The summed E-state index contributed by atoms with van der Waals surface area (Å²) >= 11 is 0. The number of nitriles is 5. The van der Waals surface area contributed by atoms with Gasteiger partial charge in [-0.1, -0.05) is 5.92 Å². The Bertz CT molecular complexity index is 718. The van der Waals surface area contributed by atoms with E-state index in [2.05, 4.69) is 20.9 Å². The molecule has 0 fully saturated rings. The average molecular weight is 359 g/mol. The lowest BCUT2D eigenvalue weighted by atomic mass is 10.5.